The van der Waals surface area contributed by atoms with E-state index in [0.29, 0.717) is 16.3 Å². The molecule has 9 heteroatoms. The normalized spacial score (nSPS) is 15.5. The molecule has 1 aliphatic heterocycles. The second kappa shape index (κ2) is 8.90. The highest BCUT2D eigenvalue weighted by atomic mass is 32.2. The third-order valence-electron chi connectivity index (χ3n) is 6.21. The summed E-state index contributed by atoms with van der Waals surface area (Å²) in [6.07, 6.45) is 0. The molecule has 1 unspecified atom stereocenters. The number of carbonyl (C=O) groups is 1. The van der Waals surface area contributed by atoms with Crippen molar-refractivity contribution in [2.24, 2.45) is 7.05 Å². The van der Waals surface area contributed by atoms with Crippen LogP contribution in [0.5, 0.6) is 0 Å². The van der Waals surface area contributed by atoms with Crippen LogP contribution in [0.4, 0.5) is 5.69 Å². The molecule has 35 heavy (non-hydrogen) atoms. The van der Waals surface area contributed by atoms with Crippen molar-refractivity contribution in [2.75, 3.05) is 16.4 Å². The fourth-order valence-corrected chi connectivity index (χ4v) is 6.49. The maximum atomic E-state index is 13.7. The zero-order chi connectivity index (χ0) is 23.9. The van der Waals surface area contributed by atoms with Crippen molar-refractivity contribution in [3.05, 3.63) is 94.8 Å². The van der Waals surface area contributed by atoms with Crippen LogP contribution in [-0.4, -0.2) is 36.6 Å². The summed E-state index contributed by atoms with van der Waals surface area (Å²) in [5.74, 6) is 1.44. The maximum Gasteiger partial charge on any atom is 0.262 e. The number of nitrogens with zero attached hydrogens (tertiary/aromatic N) is 5. The molecule has 1 aliphatic rings. The van der Waals surface area contributed by atoms with E-state index in [1.165, 1.54) is 16.3 Å². The van der Waals surface area contributed by atoms with Gasteiger partial charge in [-0.25, -0.2) is 0 Å². The van der Waals surface area contributed by atoms with Crippen molar-refractivity contribution in [1.82, 2.24) is 19.2 Å². The third kappa shape index (κ3) is 3.71. The lowest BCUT2D eigenvalue weighted by molar-refractivity contribution is -0.116. The first-order valence-electron chi connectivity index (χ1n) is 11.2. The summed E-state index contributed by atoms with van der Waals surface area (Å²) in [5, 5.41) is 9.74. The molecule has 7 nitrogen and oxygen atoms in total. The Hall–Kier alpha value is -3.56. The summed E-state index contributed by atoms with van der Waals surface area (Å²) in [5.41, 5.74) is 2.65. The molecule has 2 aromatic heterocycles. The number of thioether (sulfide) groups is 2. The lowest BCUT2D eigenvalue weighted by Gasteiger charge is -2.37. The number of benzene rings is 3. The third-order valence-corrected chi connectivity index (χ3v) is 8.26. The second-order valence-electron chi connectivity index (χ2n) is 8.26. The SMILES string of the molecule is Cn1c(=O)c2ccccc2n2c(SCC(=O)N3c4ccccc4SCC3c3ccccc3)nnc12. The Labute approximate surface area is 209 Å². The fourth-order valence-electron chi connectivity index (χ4n) is 4.52. The average Bonchev–Trinajstić information content (AvgIpc) is 3.34. The molecule has 0 saturated heterocycles. The molecule has 0 bridgehead atoms. The van der Waals surface area contributed by atoms with E-state index in [0.717, 1.165) is 27.4 Å². The van der Waals surface area contributed by atoms with E-state index in [9.17, 15) is 9.59 Å². The molecule has 6 rings (SSSR count). The Morgan fingerprint density at radius 2 is 1.74 bits per heavy atom. The number of aromatic nitrogens is 4. The van der Waals surface area contributed by atoms with Gasteiger partial charge >= 0.3 is 0 Å². The van der Waals surface area contributed by atoms with Crippen molar-refractivity contribution in [3.8, 4) is 0 Å². The molecule has 174 valence electrons. The lowest BCUT2D eigenvalue weighted by atomic mass is 10.1. The van der Waals surface area contributed by atoms with Crippen LogP contribution in [0.1, 0.15) is 11.6 Å². The van der Waals surface area contributed by atoms with Crippen LogP contribution >= 0.6 is 23.5 Å². The summed E-state index contributed by atoms with van der Waals surface area (Å²) in [6, 6.07) is 25.5. The molecular weight excluding hydrogens is 478 g/mol. The fraction of sp³-hybridized carbons (Fsp3) is 0.154. The Morgan fingerprint density at radius 1 is 1.00 bits per heavy atom. The van der Waals surface area contributed by atoms with Gasteiger partial charge in [0.05, 0.1) is 28.4 Å². The number of carbonyl (C=O) groups excluding carboxylic acids is 1. The van der Waals surface area contributed by atoms with Gasteiger partial charge in [0.2, 0.25) is 11.7 Å². The van der Waals surface area contributed by atoms with Gasteiger partial charge in [-0.05, 0) is 29.8 Å². The van der Waals surface area contributed by atoms with Crippen molar-refractivity contribution in [1.29, 1.82) is 0 Å². The first-order valence-corrected chi connectivity index (χ1v) is 13.1. The van der Waals surface area contributed by atoms with Crippen molar-refractivity contribution in [3.63, 3.8) is 0 Å². The van der Waals surface area contributed by atoms with Gasteiger partial charge in [0.25, 0.3) is 5.56 Å². The Balaban J connectivity index is 1.37. The van der Waals surface area contributed by atoms with Crippen LogP contribution in [0.25, 0.3) is 16.7 Å². The molecule has 0 aliphatic carbocycles. The van der Waals surface area contributed by atoms with E-state index in [1.807, 2.05) is 63.9 Å². The van der Waals surface area contributed by atoms with E-state index in [4.69, 9.17) is 0 Å². The van der Waals surface area contributed by atoms with Crippen molar-refractivity contribution < 1.29 is 4.79 Å². The summed E-state index contributed by atoms with van der Waals surface area (Å²) < 4.78 is 3.34. The molecule has 3 aromatic carbocycles. The largest absolute Gasteiger partial charge is 0.302 e. The monoisotopic (exact) mass is 499 g/mol. The number of hydrogen-bond donors (Lipinski definition) is 0. The topological polar surface area (TPSA) is 72.5 Å². The van der Waals surface area contributed by atoms with Gasteiger partial charge in [-0.1, -0.05) is 66.4 Å². The van der Waals surface area contributed by atoms with E-state index >= 15 is 0 Å². The second-order valence-corrected chi connectivity index (χ2v) is 10.3. The van der Waals surface area contributed by atoms with Gasteiger partial charge in [0.1, 0.15) is 0 Å². The smallest absolute Gasteiger partial charge is 0.262 e. The van der Waals surface area contributed by atoms with Gasteiger partial charge in [-0.2, -0.15) is 0 Å². The summed E-state index contributed by atoms with van der Waals surface area (Å²) in [4.78, 5) is 29.5. The van der Waals surface area contributed by atoms with Crippen molar-refractivity contribution in [2.45, 2.75) is 16.1 Å². The number of anilines is 1. The standard InChI is InChI=1S/C26H21N5O2S2/c1-29-24(33)18-11-5-6-12-19(18)31-25(29)27-28-26(31)35-16-23(32)30-20-13-7-8-14-22(20)34-15-21(30)17-9-3-2-4-10-17/h2-14,21H,15-16H2,1H3. The van der Waals surface area contributed by atoms with E-state index < -0.39 is 0 Å². The number of fused-ring (bicyclic) bond motifs is 4. The minimum atomic E-state index is -0.124. The summed E-state index contributed by atoms with van der Waals surface area (Å²) in [6.45, 7) is 0. The average molecular weight is 500 g/mol. The molecular formula is C26H21N5O2S2. The predicted octanol–water partition coefficient (Wildman–Crippen LogP) is 4.55. The van der Waals surface area contributed by atoms with Crippen LogP contribution in [-0.2, 0) is 11.8 Å². The minimum Gasteiger partial charge on any atom is -0.302 e. The molecule has 0 spiro atoms. The molecule has 0 radical (unpaired) electrons. The first kappa shape index (κ1) is 21.9. The predicted molar refractivity (Wildman–Crippen MR) is 140 cm³/mol. The molecule has 0 fully saturated rings. The quantitative estimate of drug-likeness (QED) is 0.338. The van der Waals surface area contributed by atoms with Crippen LogP contribution < -0.4 is 10.5 Å². The van der Waals surface area contributed by atoms with Gasteiger partial charge < -0.3 is 4.90 Å². The molecule has 0 N–H and O–H groups in total. The number of rotatable bonds is 4. The van der Waals surface area contributed by atoms with Gasteiger partial charge in [0, 0.05) is 17.7 Å². The highest BCUT2D eigenvalue weighted by Gasteiger charge is 2.32. The van der Waals surface area contributed by atoms with Gasteiger partial charge in [0.15, 0.2) is 5.16 Å². The lowest BCUT2D eigenvalue weighted by Crippen LogP contribution is -2.39. The highest BCUT2D eigenvalue weighted by Crippen LogP contribution is 2.43. The summed E-state index contributed by atoms with van der Waals surface area (Å²) in [7, 11) is 1.69. The molecule has 5 aromatic rings. The van der Waals surface area contributed by atoms with Crippen molar-refractivity contribution >= 4 is 51.8 Å². The highest BCUT2D eigenvalue weighted by molar-refractivity contribution is 8.00. The number of aryl methyl sites for hydroxylation is 1. The Morgan fingerprint density at radius 3 is 2.60 bits per heavy atom. The van der Waals surface area contributed by atoms with E-state index in [-0.39, 0.29) is 23.3 Å². The zero-order valence-corrected chi connectivity index (χ0v) is 20.5. The minimum absolute atomic E-state index is 0.00230. The zero-order valence-electron chi connectivity index (χ0n) is 18.9. The Kier molecular flexibility index (Phi) is 5.58. The maximum absolute atomic E-state index is 13.7. The molecule has 3 heterocycles. The molecule has 1 atom stereocenters. The number of para-hydroxylation sites is 2. The summed E-state index contributed by atoms with van der Waals surface area (Å²) >= 11 is 3.11. The van der Waals surface area contributed by atoms with Crippen LogP contribution in [0, 0.1) is 0 Å². The van der Waals surface area contributed by atoms with Crippen LogP contribution in [0.2, 0.25) is 0 Å². The number of amides is 1. The molecule has 0 saturated carbocycles. The van der Waals surface area contributed by atoms with Crippen LogP contribution in [0.15, 0.2) is 93.7 Å². The van der Waals surface area contributed by atoms with Crippen LogP contribution in [0.3, 0.4) is 0 Å². The van der Waals surface area contributed by atoms with E-state index in [2.05, 4.69) is 28.4 Å². The Bertz CT molecular complexity index is 1630. The molecule has 1 amide bonds. The van der Waals surface area contributed by atoms with Gasteiger partial charge in [-0.3, -0.25) is 18.6 Å². The first-order chi connectivity index (χ1) is 17.1. The van der Waals surface area contributed by atoms with Gasteiger partial charge in [-0.15, -0.1) is 22.0 Å². The van der Waals surface area contributed by atoms with E-state index in [1.54, 1.807) is 24.9 Å². The number of hydrogen-bond acceptors (Lipinski definition) is 6.